The lowest BCUT2D eigenvalue weighted by Crippen LogP contribution is -2.35. The van der Waals surface area contributed by atoms with E-state index in [4.69, 9.17) is 23.9 Å². The maximum Gasteiger partial charge on any atom is 0.407 e. The number of carbonyl (C=O) groups excluding carboxylic acids is 2. The van der Waals surface area contributed by atoms with Crippen LogP contribution in [-0.4, -0.2) is 52.2 Å². The third kappa shape index (κ3) is 7.03. The molecule has 0 spiro atoms. The van der Waals surface area contributed by atoms with Crippen LogP contribution in [0.25, 0.3) is 10.6 Å². The first-order valence-electron chi connectivity index (χ1n) is 15.2. The van der Waals surface area contributed by atoms with E-state index >= 15 is 0 Å². The van der Waals surface area contributed by atoms with Crippen LogP contribution in [-0.2, 0) is 20.8 Å². The average molecular weight is 632 g/mol. The number of carbonyl (C=O) groups is 2. The minimum Gasteiger partial charge on any atom is -0.488 e. The number of amides is 2. The lowest BCUT2D eigenvalue weighted by atomic mass is 10.0. The number of aromatic nitrogens is 3. The molecule has 12 heteroatoms. The summed E-state index contributed by atoms with van der Waals surface area (Å²) in [6, 6.07) is 17.5. The largest absolute Gasteiger partial charge is 0.488 e. The number of hydrogen-bond donors (Lipinski definition) is 2. The van der Waals surface area contributed by atoms with Crippen LogP contribution < -0.4 is 15.5 Å². The molecule has 1 saturated carbocycles. The fourth-order valence-electron chi connectivity index (χ4n) is 5.73. The van der Waals surface area contributed by atoms with Crippen LogP contribution in [0, 0.1) is 6.92 Å². The Morgan fingerprint density at radius 1 is 1.07 bits per heavy atom. The molecule has 1 aliphatic heterocycles. The molecule has 4 aromatic rings. The van der Waals surface area contributed by atoms with Crippen molar-refractivity contribution in [3.63, 3.8) is 0 Å². The quantitative estimate of drug-likeness (QED) is 0.215. The highest BCUT2D eigenvalue weighted by molar-refractivity contribution is 7.15. The fraction of sp³-hybridized carbons (Fsp3) is 0.394. The zero-order valence-electron chi connectivity index (χ0n) is 25.5. The Balaban J connectivity index is 1.22. The second-order valence-corrected chi connectivity index (χ2v) is 12.6. The van der Waals surface area contributed by atoms with Crippen molar-refractivity contribution in [2.75, 3.05) is 18.6 Å². The van der Waals surface area contributed by atoms with Crippen molar-refractivity contribution in [1.82, 2.24) is 20.2 Å². The Labute approximate surface area is 265 Å². The van der Waals surface area contributed by atoms with Gasteiger partial charge in [0.2, 0.25) is 0 Å². The molecule has 2 N–H and O–H groups in total. The van der Waals surface area contributed by atoms with Gasteiger partial charge in [0, 0.05) is 22.4 Å². The molecule has 2 unspecified atom stereocenters. The van der Waals surface area contributed by atoms with E-state index in [1.54, 1.807) is 6.20 Å². The summed E-state index contributed by atoms with van der Waals surface area (Å²) >= 11 is 1.41. The molecule has 3 heterocycles. The molecule has 2 atom stereocenters. The number of benzene rings is 2. The van der Waals surface area contributed by atoms with Crippen molar-refractivity contribution in [1.29, 1.82) is 0 Å². The number of rotatable bonds is 10. The summed E-state index contributed by atoms with van der Waals surface area (Å²) in [5.41, 5.74) is 6.53. The standard InChI is InChI=1S/C33H37N5O6S/c1-20(2)35-33(40)44-26-13-7-11-23(26)25-15-16-34-38(25)37-30(39)29-21(3)45-31(36-29)24-12-8-14-27(28(24)32-41-17-18-42-32)43-19-22-9-5-4-6-10-22/h4-6,8-10,12,14-16,20,23,26,32H,7,11,13,17-19H2,1-3H3,(H,35,40)(H,37,39). The summed E-state index contributed by atoms with van der Waals surface area (Å²) in [4.78, 5) is 32.9. The normalized spacial score (nSPS) is 18.3. The van der Waals surface area contributed by atoms with Gasteiger partial charge in [-0.05, 0) is 57.7 Å². The molecule has 11 nitrogen and oxygen atoms in total. The maximum atomic E-state index is 13.6. The fourth-order valence-corrected chi connectivity index (χ4v) is 6.68. The third-order valence-electron chi connectivity index (χ3n) is 7.78. The van der Waals surface area contributed by atoms with Crippen LogP contribution in [0.3, 0.4) is 0 Å². The molecule has 2 fully saturated rings. The first-order valence-corrected chi connectivity index (χ1v) is 16.0. The van der Waals surface area contributed by atoms with Crippen LogP contribution in [0.1, 0.15) is 77.5 Å². The van der Waals surface area contributed by atoms with E-state index in [0.717, 1.165) is 46.5 Å². The zero-order valence-corrected chi connectivity index (χ0v) is 26.3. The number of aryl methyl sites for hydroxylation is 1. The lowest BCUT2D eigenvalue weighted by molar-refractivity contribution is -0.0454. The molecule has 0 bridgehead atoms. The first kappa shape index (κ1) is 30.8. The van der Waals surface area contributed by atoms with E-state index in [1.807, 2.05) is 75.4 Å². The Morgan fingerprint density at radius 2 is 1.87 bits per heavy atom. The number of thiazole rings is 1. The number of hydrogen-bond acceptors (Lipinski definition) is 9. The van der Waals surface area contributed by atoms with Gasteiger partial charge in [-0.3, -0.25) is 4.79 Å². The van der Waals surface area contributed by atoms with Crippen molar-refractivity contribution in [3.05, 3.63) is 88.2 Å². The van der Waals surface area contributed by atoms with Gasteiger partial charge in [-0.1, -0.05) is 42.5 Å². The van der Waals surface area contributed by atoms with Gasteiger partial charge in [0.05, 0.1) is 30.7 Å². The summed E-state index contributed by atoms with van der Waals surface area (Å²) < 4.78 is 23.8. The van der Waals surface area contributed by atoms with E-state index in [-0.39, 0.29) is 24.0 Å². The van der Waals surface area contributed by atoms with Crippen molar-refractivity contribution < 1.29 is 28.5 Å². The molecular weight excluding hydrogens is 594 g/mol. The van der Waals surface area contributed by atoms with E-state index in [2.05, 4.69) is 15.8 Å². The van der Waals surface area contributed by atoms with E-state index in [0.29, 0.717) is 36.3 Å². The molecule has 45 heavy (non-hydrogen) atoms. The van der Waals surface area contributed by atoms with E-state index in [1.165, 1.54) is 16.1 Å². The summed E-state index contributed by atoms with van der Waals surface area (Å²) in [7, 11) is 0. The smallest absolute Gasteiger partial charge is 0.407 e. The van der Waals surface area contributed by atoms with Crippen LogP contribution >= 0.6 is 11.3 Å². The Hall–Kier alpha value is -4.26. The van der Waals surface area contributed by atoms with Gasteiger partial charge in [-0.15, -0.1) is 11.3 Å². The van der Waals surface area contributed by atoms with Crippen LogP contribution in [0.2, 0.25) is 0 Å². The predicted molar refractivity (Wildman–Crippen MR) is 169 cm³/mol. The molecular formula is C33H37N5O6S. The van der Waals surface area contributed by atoms with Crippen molar-refractivity contribution >= 4 is 23.3 Å². The summed E-state index contributed by atoms with van der Waals surface area (Å²) in [5.74, 6) is 0.156. The Morgan fingerprint density at radius 3 is 2.64 bits per heavy atom. The SMILES string of the molecule is Cc1sc(-c2cccc(OCc3ccccc3)c2C2OCCO2)nc1C(=O)Nn1nccc1C1CCCC1OC(=O)NC(C)C. The second-order valence-electron chi connectivity index (χ2n) is 11.4. The van der Waals surface area contributed by atoms with Gasteiger partial charge in [0.1, 0.15) is 29.2 Å². The van der Waals surface area contributed by atoms with Gasteiger partial charge in [0.15, 0.2) is 6.29 Å². The summed E-state index contributed by atoms with van der Waals surface area (Å²) in [6.45, 7) is 6.98. The van der Waals surface area contributed by atoms with Crippen molar-refractivity contribution in [2.24, 2.45) is 0 Å². The Kier molecular flexibility index (Phi) is 9.43. The number of nitrogens with zero attached hydrogens (tertiary/aromatic N) is 3. The van der Waals surface area contributed by atoms with Gasteiger partial charge in [-0.25, -0.2) is 15.2 Å². The van der Waals surface area contributed by atoms with E-state index < -0.39 is 12.4 Å². The van der Waals surface area contributed by atoms with Crippen LogP contribution in [0.4, 0.5) is 4.79 Å². The summed E-state index contributed by atoms with van der Waals surface area (Å²) in [6.07, 6.45) is 2.75. The molecule has 0 radical (unpaired) electrons. The van der Waals surface area contributed by atoms with Crippen molar-refractivity contribution in [2.45, 2.75) is 71.0 Å². The molecule has 1 aliphatic carbocycles. The molecule has 6 rings (SSSR count). The van der Waals surface area contributed by atoms with Gasteiger partial charge < -0.3 is 24.3 Å². The lowest BCUT2D eigenvalue weighted by Gasteiger charge is -2.22. The van der Waals surface area contributed by atoms with Gasteiger partial charge in [-0.2, -0.15) is 9.89 Å². The number of ether oxygens (including phenoxy) is 4. The average Bonchev–Trinajstić information content (AvgIpc) is 3.84. The van der Waals surface area contributed by atoms with Crippen LogP contribution in [0.5, 0.6) is 5.75 Å². The predicted octanol–water partition coefficient (Wildman–Crippen LogP) is 6.09. The highest BCUT2D eigenvalue weighted by Crippen LogP contribution is 2.41. The first-order chi connectivity index (χ1) is 21.9. The minimum absolute atomic E-state index is 0.0213. The van der Waals surface area contributed by atoms with Crippen molar-refractivity contribution in [3.8, 4) is 16.3 Å². The topological polar surface area (TPSA) is 126 Å². The second kappa shape index (κ2) is 13.8. The highest BCUT2D eigenvalue weighted by atomic mass is 32.1. The number of alkyl carbamates (subject to hydrolysis) is 1. The summed E-state index contributed by atoms with van der Waals surface area (Å²) in [5, 5.41) is 7.79. The molecule has 2 aromatic carbocycles. The van der Waals surface area contributed by atoms with Crippen LogP contribution in [0.15, 0.2) is 60.8 Å². The zero-order chi connectivity index (χ0) is 31.3. The van der Waals surface area contributed by atoms with Gasteiger partial charge >= 0.3 is 6.09 Å². The van der Waals surface area contributed by atoms with Gasteiger partial charge in [0.25, 0.3) is 5.91 Å². The molecule has 236 valence electrons. The molecule has 2 aliphatic rings. The number of nitrogens with one attached hydrogen (secondary N) is 2. The monoisotopic (exact) mass is 631 g/mol. The minimum atomic E-state index is -0.607. The molecule has 1 saturated heterocycles. The molecule has 2 amide bonds. The third-order valence-corrected chi connectivity index (χ3v) is 8.78. The Bertz CT molecular complexity index is 1630. The van der Waals surface area contributed by atoms with E-state index in [9.17, 15) is 9.59 Å². The molecule has 2 aromatic heterocycles. The highest BCUT2D eigenvalue weighted by Gasteiger charge is 2.35. The maximum absolute atomic E-state index is 13.6.